The van der Waals surface area contributed by atoms with E-state index in [1.165, 1.54) is 0 Å². The zero-order valence-corrected chi connectivity index (χ0v) is 19.0. The molecular weight excluding hydrogens is 420 g/mol. The van der Waals surface area contributed by atoms with E-state index in [9.17, 15) is 8.42 Å². The van der Waals surface area contributed by atoms with Gasteiger partial charge >= 0.3 is 0 Å². The predicted molar refractivity (Wildman–Crippen MR) is 131 cm³/mol. The van der Waals surface area contributed by atoms with Crippen molar-refractivity contribution in [1.82, 2.24) is 0 Å². The molecule has 0 aromatic heterocycles. The fourth-order valence-corrected chi connectivity index (χ4v) is 4.70. The van der Waals surface area contributed by atoms with Gasteiger partial charge in [0.25, 0.3) is 10.0 Å². The molecule has 0 spiro atoms. The summed E-state index contributed by atoms with van der Waals surface area (Å²) in [5.74, 6) is 0.726. The van der Waals surface area contributed by atoms with Crippen LogP contribution in [0.3, 0.4) is 0 Å². The first-order valence-corrected chi connectivity index (χ1v) is 11.7. The number of anilines is 1. The Morgan fingerprint density at radius 2 is 1.66 bits per heavy atom. The molecule has 0 amide bonds. The van der Waals surface area contributed by atoms with Crippen molar-refractivity contribution in [2.75, 3.05) is 11.8 Å². The third-order valence-electron chi connectivity index (χ3n) is 5.27. The standard InChI is InChI=1S/C26H24N2O3S/c1-18-8-14-25(19(2)16-18)28-32(29,30)22-12-10-21(11-13-22)27-17-24-23-7-5-4-6-20(23)9-15-26(24)31-3/h4-17,28H,1-3H3. The molecule has 32 heavy (non-hydrogen) atoms. The van der Waals surface area contributed by atoms with Gasteiger partial charge in [0.05, 0.1) is 23.4 Å². The molecule has 0 unspecified atom stereocenters. The fourth-order valence-electron chi connectivity index (χ4n) is 3.57. The highest BCUT2D eigenvalue weighted by Gasteiger charge is 2.15. The molecule has 6 heteroatoms. The molecule has 0 radical (unpaired) electrons. The molecule has 162 valence electrons. The molecule has 0 aliphatic rings. The Hall–Kier alpha value is -3.64. The number of methoxy groups -OCH3 is 1. The maximum Gasteiger partial charge on any atom is 0.261 e. The Kier molecular flexibility index (Phi) is 5.97. The van der Waals surface area contributed by atoms with Crippen molar-refractivity contribution in [3.63, 3.8) is 0 Å². The van der Waals surface area contributed by atoms with E-state index >= 15 is 0 Å². The Morgan fingerprint density at radius 1 is 0.906 bits per heavy atom. The average molecular weight is 445 g/mol. The fraction of sp³-hybridized carbons (Fsp3) is 0.115. The highest BCUT2D eigenvalue weighted by molar-refractivity contribution is 7.92. The van der Waals surface area contributed by atoms with Gasteiger partial charge in [-0.25, -0.2) is 8.42 Å². The summed E-state index contributed by atoms with van der Waals surface area (Å²) < 4.78 is 33.7. The first-order valence-electron chi connectivity index (χ1n) is 10.2. The van der Waals surface area contributed by atoms with E-state index in [2.05, 4.69) is 9.71 Å². The molecule has 0 bridgehead atoms. The van der Waals surface area contributed by atoms with Crippen LogP contribution in [0.25, 0.3) is 10.8 Å². The Bertz CT molecular complexity index is 1410. The number of nitrogens with one attached hydrogen (secondary N) is 1. The van der Waals surface area contributed by atoms with Gasteiger partial charge in [-0.05, 0) is 66.6 Å². The van der Waals surface area contributed by atoms with Gasteiger partial charge in [0.15, 0.2) is 0 Å². The maximum absolute atomic E-state index is 12.8. The van der Waals surface area contributed by atoms with Crippen LogP contribution in [0.15, 0.2) is 88.8 Å². The number of sulfonamides is 1. The van der Waals surface area contributed by atoms with Crippen LogP contribution in [-0.4, -0.2) is 21.7 Å². The molecule has 0 saturated heterocycles. The molecular formula is C26H24N2O3S. The summed E-state index contributed by atoms with van der Waals surface area (Å²) in [6.07, 6.45) is 1.75. The summed E-state index contributed by atoms with van der Waals surface area (Å²) in [5.41, 5.74) is 4.04. The van der Waals surface area contributed by atoms with E-state index in [-0.39, 0.29) is 4.90 Å². The van der Waals surface area contributed by atoms with Crippen molar-refractivity contribution in [3.8, 4) is 5.75 Å². The number of hydrogen-bond acceptors (Lipinski definition) is 4. The van der Waals surface area contributed by atoms with Crippen molar-refractivity contribution >= 4 is 38.4 Å². The van der Waals surface area contributed by atoms with Crippen LogP contribution in [0.1, 0.15) is 16.7 Å². The minimum Gasteiger partial charge on any atom is -0.496 e. The van der Waals surface area contributed by atoms with E-state index in [0.717, 1.165) is 33.2 Å². The van der Waals surface area contributed by atoms with Crippen LogP contribution < -0.4 is 9.46 Å². The molecule has 0 heterocycles. The highest BCUT2D eigenvalue weighted by Crippen LogP contribution is 2.28. The van der Waals surface area contributed by atoms with Crippen molar-refractivity contribution < 1.29 is 13.2 Å². The number of aliphatic imine (C=N–C) groups is 1. The second-order valence-electron chi connectivity index (χ2n) is 7.58. The third-order valence-corrected chi connectivity index (χ3v) is 6.65. The predicted octanol–water partition coefficient (Wildman–Crippen LogP) is 6.02. The molecule has 0 fully saturated rings. The summed E-state index contributed by atoms with van der Waals surface area (Å²) in [7, 11) is -2.07. The summed E-state index contributed by atoms with van der Waals surface area (Å²) in [6.45, 7) is 3.85. The monoisotopic (exact) mass is 444 g/mol. The molecule has 5 nitrogen and oxygen atoms in total. The summed E-state index contributed by atoms with van der Waals surface area (Å²) in [5, 5.41) is 2.13. The van der Waals surface area contributed by atoms with E-state index in [1.54, 1.807) is 43.7 Å². The van der Waals surface area contributed by atoms with E-state index in [1.807, 2.05) is 62.4 Å². The third kappa shape index (κ3) is 4.50. The number of benzene rings is 4. The van der Waals surface area contributed by atoms with Crippen molar-refractivity contribution in [2.24, 2.45) is 4.99 Å². The molecule has 4 rings (SSSR count). The highest BCUT2D eigenvalue weighted by atomic mass is 32.2. The van der Waals surface area contributed by atoms with Gasteiger partial charge in [0, 0.05) is 11.8 Å². The first-order chi connectivity index (χ1) is 15.4. The number of ether oxygens (including phenoxy) is 1. The number of nitrogens with zero attached hydrogens (tertiary/aromatic N) is 1. The minimum absolute atomic E-state index is 0.180. The van der Waals surface area contributed by atoms with E-state index in [4.69, 9.17) is 4.74 Å². The lowest BCUT2D eigenvalue weighted by atomic mass is 10.0. The van der Waals surface area contributed by atoms with Crippen molar-refractivity contribution in [3.05, 3.63) is 95.6 Å². The van der Waals surface area contributed by atoms with Gasteiger partial charge in [0.1, 0.15) is 5.75 Å². The average Bonchev–Trinajstić information content (AvgIpc) is 2.79. The molecule has 0 aliphatic heterocycles. The first kappa shape index (κ1) is 21.6. The zero-order chi connectivity index (χ0) is 22.7. The molecule has 0 atom stereocenters. The minimum atomic E-state index is -3.69. The van der Waals surface area contributed by atoms with E-state index < -0.39 is 10.0 Å². The van der Waals surface area contributed by atoms with Crippen LogP contribution in [-0.2, 0) is 10.0 Å². The summed E-state index contributed by atoms with van der Waals surface area (Å²) in [4.78, 5) is 4.73. The number of hydrogen-bond donors (Lipinski definition) is 1. The summed E-state index contributed by atoms with van der Waals surface area (Å²) in [6, 6.07) is 24.0. The second kappa shape index (κ2) is 8.85. The van der Waals surface area contributed by atoms with Gasteiger partial charge < -0.3 is 4.74 Å². The number of rotatable bonds is 6. The summed E-state index contributed by atoms with van der Waals surface area (Å²) >= 11 is 0. The van der Waals surface area contributed by atoms with Gasteiger partial charge in [-0.1, -0.05) is 48.0 Å². The number of aryl methyl sites for hydroxylation is 2. The lowest BCUT2D eigenvalue weighted by Gasteiger charge is -2.11. The maximum atomic E-state index is 12.8. The van der Waals surface area contributed by atoms with Gasteiger partial charge in [-0.3, -0.25) is 9.71 Å². The molecule has 0 aliphatic carbocycles. The Balaban J connectivity index is 1.59. The van der Waals surface area contributed by atoms with Gasteiger partial charge in [-0.15, -0.1) is 0 Å². The quantitative estimate of drug-likeness (QED) is 0.370. The normalized spacial score (nSPS) is 11.7. The van der Waals surface area contributed by atoms with Gasteiger partial charge in [0.2, 0.25) is 0 Å². The van der Waals surface area contributed by atoms with Crippen LogP contribution in [0.4, 0.5) is 11.4 Å². The molecule has 0 saturated carbocycles. The molecule has 1 N–H and O–H groups in total. The lowest BCUT2D eigenvalue weighted by Crippen LogP contribution is -2.13. The van der Waals surface area contributed by atoms with Crippen LogP contribution in [0.2, 0.25) is 0 Å². The van der Waals surface area contributed by atoms with Crippen molar-refractivity contribution in [1.29, 1.82) is 0 Å². The topological polar surface area (TPSA) is 67.8 Å². The van der Waals surface area contributed by atoms with Crippen LogP contribution in [0, 0.1) is 13.8 Å². The van der Waals surface area contributed by atoms with E-state index in [0.29, 0.717) is 11.4 Å². The largest absolute Gasteiger partial charge is 0.496 e. The second-order valence-corrected chi connectivity index (χ2v) is 9.26. The Morgan fingerprint density at radius 3 is 2.38 bits per heavy atom. The molecule has 4 aromatic rings. The SMILES string of the molecule is COc1ccc2ccccc2c1C=Nc1ccc(S(=O)(=O)Nc2ccc(C)cc2C)cc1. The molecule has 4 aromatic carbocycles. The van der Waals surface area contributed by atoms with Crippen LogP contribution >= 0.6 is 0 Å². The lowest BCUT2D eigenvalue weighted by molar-refractivity contribution is 0.415. The van der Waals surface area contributed by atoms with Gasteiger partial charge in [-0.2, -0.15) is 0 Å². The zero-order valence-electron chi connectivity index (χ0n) is 18.2. The Labute approximate surface area is 188 Å². The van der Waals surface area contributed by atoms with Crippen LogP contribution in [0.5, 0.6) is 5.75 Å². The smallest absolute Gasteiger partial charge is 0.261 e. The number of fused-ring (bicyclic) bond motifs is 1. The van der Waals surface area contributed by atoms with Crippen molar-refractivity contribution in [2.45, 2.75) is 18.7 Å².